The number of hydrogen-bond donors (Lipinski definition) is 0. The third-order valence-electron chi connectivity index (χ3n) is 10.7. The van der Waals surface area contributed by atoms with Gasteiger partial charge < -0.3 is 9.32 Å². The fourth-order valence-electron chi connectivity index (χ4n) is 8.05. The summed E-state index contributed by atoms with van der Waals surface area (Å²) in [5, 5.41) is 8.20. The van der Waals surface area contributed by atoms with Crippen LogP contribution in [0.2, 0.25) is 0 Å². The van der Waals surface area contributed by atoms with Gasteiger partial charge in [0, 0.05) is 45.0 Å². The molecule has 3 nitrogen and oxygen atoms in total. The number of hydrogen-bond acceptors (Lipinski definition) is 4. The molecule has 0 aliphatic carbocycles. The van der Waals surface area contributed by atoms with E-state index in [9.17, 15) is 0 Å². The number of fused-ring (bicyclic) bond motifs is 7. The molecule has 0 amide bonds. The molecule has 11 aromatic rings. The topological polar surface area (TPSA) is 29.3 Å². The van der Waals surface area contributed by atoms with Crippen molar-refractivity contribution >= 4 is 82.1 Å². The molecule has 0 bridgehead atoms. The lowest BCUT2D eigenvalue weighted by molar-refractivity contribution is 0.669. The summed E-state index contributed by atoms with van der Waals surface area (Å²) in [5.74, 6) is 0. The maximum absolute atomic E-state index is 6.48. The number of furan rings is 1. The average Bonchev–Trinajstić information content (AvgIpc) is 3.85. The molecule has 0 fully saturated rings. The van der Waals surface area contributed by atoms with Gasteiger partial charge in [-0.25, -0.2) is 4.98 Å². The van der Waals surface area contributed by atoms with E-state index >= 15 is 0 Å². The first-order valence-corrected chi connectivity index (χ1v) is 19.3. The molecule has 0 unspecified atom stereocenters. The second-order valence-electron chi connectivity index (χ2n) is 13.9. The highest BCUT2D eigenvalue weighted by atomic mass is 32.1. The smallest absolute Gasteiger partial charge is 0.138 e. The molecule has 0 radical (unpaired) electrons. The third kappa shape index (κ3) is 5.38. The zero-order valence-corrected chi connectivity index (χ0v) is 30.5. The fourth-order valence-corrected chi connectivity index (χ4v) is 9.17. The van der Waals surface area contributed by atoms with Crippen LogP contribution < -0.4 is 4.90 Å². The number of nitrogens with zero attached hydrogens (tertiary/aromatic N) is 2. The first kappa shape index (κ1) is 31.5. The van der Waals surface area contributed by atoms with Crippen LogP contribution in [-0.2, 0) is 0 Å². The Morgan fingerprint density at radius 2 is 1.00 bits per heavy atom. The van der Waals surface area contributed by atoms with E-state index in [1.54, 1.807) is 11.3 Å². The van der Waals surface area contributed by atoms with Crippen molar-refractivity contribution in [2.75, 3.05) is 4.90 Å². The molecule has 55 heavy (non-hydrogen) atoms. The van der Waals surface area contributed by atoms with E-state index in [-0.39, 0.29) is 0 Å². The Kier molecular flexibility index (Phi) is 7.35. The van der Waals surface area contributed by atoms with E-state index in [1.165, 1.54) is 32.7 Å². The summed E-state index contributed by atoms with van der Waals surface area (Å²) >= 11 is 1.74. The lowest BCUT2D eigenvalue weighted by Gasteiger charge is -2.26. The highest BCUT2D eigenvalue weighted by Crippen LogP contribution is 2.46. The summed E-state index contributed by atoms with van der Waals surface area (Å²) in [7, 11) is 0. The van der Waals surface area contributed by atoms with E-state index in [0.717, 1.165) is 70.9 Å². The van der Waals surface area contributed by atoms with Crippen molar-refractivity contribution in [2.45, 2.75) is 0 Å². The molecular formula is C51H32N2OS. The largest absolute Gasteiger partial charge is 0.456 e. The Morgan fingerprint density at radius 3 is 1.76 bits per heavy atom. The lowest BCUT2D eigenvalue weighted by Crippen LogP contribution is -2.09. The van der Waals surface area contributed by atoms with Crippen LogP contribution in [0.4, 0.5) is 17.1 Å². The molecule has 2 heterocycles. The van der Waals surface area contributed by atoms with E-state index in [2.05, 4.69) is 181 Å². The van der Waals surface area contributed by atoms with Crippen molar-refractivity contribution in [3.05, 3.63) is 194 Å². The van der Waals surface area contributed by atoms with Gasteiger partial charge >= 0.3 is 0 Å². The van der Waals surface area contributed by atoms with Crippen molar-refractivity contribution in [3.8, 4) is 32.8 Å². The minimum Gasteiger partial charge on any atom is -0.456 e. The highest BCUT2D eigenvalue weighted by molar-refractivity contribution is 7.22. The molecule has 4 heteroatoms. The first-order valence-electron chi connectivity index (χ1n) is 18.5. The van der Waals surface area contributed by atoms with Crippen LogP contribution in [0, 0.1) is 0 Å². The summed E-state index contributed by atoms with van der Waals surface area (Å²) in [6.07, 6.45) is 0. The summed E-state index contributed by atoms with van der Waals surface area (Å²) in [6.45, 7) is 0. The fraction of sp³-hybridized carbons (Fsp3) is 0. The zero-order chi connectivity index (χ0) is 36.3. The molecule has 0 spiro atoms. The van der Waals surface area contributed by atoms with Gasteiger partial charge in [-0.1, -0.05) is 146 Å². The van der Waals surface area contributed by atoms with Crippen molar-refractivity contribution in [3.63, 3.8) is 0 Å². The molecule has 2 aromatic heterocycles. The molecule has 258 valence electrons. The predicted molar refractivity (Wildman–Crippen MR) is 233 cm³/mol. The van der Waals surface area contributed by atoms with Gasteiger partial charge in [0.25, 0.3) is 0 Å². The van der Waals surface area contributed by atoms with Gasteiger partial charge in [-0.05, 0) is 80.7 Å². The quantitative estimate of drug-likeness (QED) is 0.160. The van der Waals surface area contributed by atoms with Crippen LogP contribution in [0.25, 0.3) is 86.5 Å². The Morgan fingerprint density at radius 1 is 0.418 bits per heavy atom. The van der Waals surface area contributed by atoms with Gasteiger partial charge in [-0.2, -0.15) is 0 Å². The zero-order valence-electron chi connectivity index (χ0n) is 29.7. The van der Waals surface area contributed by atoms with Crippen LogP contribution in [0.3, 0.4) is 0 Å². The predicted octanol–water partition coefficient (Wildman–Crippen LogP) is 15.0. The Hall–Kier alpha value is -7.01. The minimum absolute atomic E-state index is 0.849. The van der Waals surface area contributed by atoms with Crippen molar-refractivity contribution in [2.24, 2.45) is 0 Å². The average molecular weight is 721 g/mol. The SMILES string of the molecule is c1ccc(-c2ccc(N(c3ccc(-c4c5sc(-c6ccccc6)nc5cc5oc6ccccc6c45)cc3)c3ccc4c(ccc5ccccc54)c3)cc2)cc1. The second-order valence-corrected chi connectivity index (χ2v) is 14.9. The molecule has 0 atom stereocenters. The van der Waals surface area contributed by atoms with E-state index < -0.39 is 0 Å². The van der Waals surface area contributed by atoms with Gasteiger partial charge in [-0.15, -0.1) is 11.3 Å². The molecule has 0 saturated carbocycles. The second kappa shape index (κ2) is 12.8. The third-order valence-corrected chi connectivity index (χ3v) is 11.8. The molecule has 0 saturated heterocycles. The van der Waals surface area contributed by atoms with Crippen LogP contribution in [0.15, 0.2) is 199 Å². The van der Waals surface area contributed by atoms with Gasteiger partial charge in [0.05, 0.1) is 10.2 Å². The number of thiazole rings is 1. The van der Waals surface area contributed by atoms with E-state index in [1.807, 2.05) is 18.2 Å². The molecule has 0 N–H and O–H groups in total. The Bertz CT molecular complexity index is 3180. The van der Waals surface area contributed by atoms with Crippen LogP contribution in [0.5, 0.6) is 0 Å². The normalized spacial score (nSPS) is 11.6. The van der Waals surface area contributed by atoms with Crippen molar-refractivity contribution < 1.29 is 4.42 Å². The molecule has 0 aliphatic heterocycles. The number of aromatic nitrogens is 1. The lowest BCUT2D eigenvalue weighted by atomic mass is 9.98. The molecule has 0 aliphatic rings. The van der Waals surface area contributed by atoms with Crippen LogP contribution >= 0.6 is 11.3 Å². The molecular weight excluding hydrogens is 689 g/mol. The van der Waals surface area contributed by atoms with E-state index in [0.29, 0.717) is 0 Å². The number of rotatable bonds is 6. The number of anilines is 3. The Labute approximate surface area is 322 Å². The van der Waals surface area contributed by atoms with Crippen molar-refractivity contribution in [1.29, 1.82) is 0 Å². The van der Waals surface area contributed by atoms with E-state index in [4.69, 9.17) is 9.40 Å². The monoisotopic (exact) mass is 720 g/mol. The summed E-state index contributed by atoms with van der Waals surface area (Å²) in [6, 6.07) is 69.2. The summed E-state index contributed by atoms with van der Waals surface area (Å²) in [5.41, 5.74) is 11.7. The molecule has 9 aromatic carbocycles. The maximum Gasteiger partial charge on any atom is 0.138 e. The van der Waals surface area contributed by atoms with Gasteiger partial charge in [0.1, 0.15) is 16.2 Å². The number of benzene rings is 9. The van der Waals surface area contributed by atoms with Gasteiger partial charge in [-0.3, -0.25) is 0 Å². The van der Waals surface area contributed by atoms with Crippen molar-refractivity contribution in [1.82, 2.24) is 4.98 Å². The number of para-hydroxylation sites is 1. The summed E-state index contributed by atoms with van der Waals surface area (Å²) < 4.78 is 7.63. The Balaban J connectivity index is 1.08. The van der Waals surface area contributed by atoms with Gasteiger partial charge in [0.2, 0.25) is 0 Å². The maximum atomic E-state index is 6.48. The van der Waals surface area contributed by atoms with Gasteiger partial charge in [0.15, 0.2) is 0 Å². The first-order chi connectivity index (χ1) is 27.2. The minimum atomic E-state index is 0.849. The standard InChI is InChI=1S/C51H32N2OS/c1-3-11-33(12-4-1)34-21-25-39(26-22-34)53(41-29-30-43-38(31-41)20-19-35-13-7-8-16-42(35)43)40-27-23-36(24-28-40)48-49-44-17-9-10-18-46(44)54-47(49)32-45-50(48)55-51(52-45)37-14-5-2-6-15-37/h1-32H. The van der Waals surface area contributed by atoms with Crippen LogP contribution in [0.1, 0.15) is 0 Å². The van der Waals surface area contributed by atoms with Crippen LogP contribution in [-0.4, -0.2) is 4.98 Å². The summed E-state index contributed by atoms with van der Waals surface area (Å²) in [4.78, 5) is 7.50. The molecule has 11 rings (SSSR count). The highest BCUT2D eigenvalue weighted by Gasteiger charge is 2.21.